The summed E-state index contributed by atoms with van der Waals surface area (Å²) in [4.78, 5) is 0. The van der Waals surface area contributed by atoms with Crippen molar-refractivity contribution in [1.29, 1.82) is 0 Å². The van der Waals surface area contributed by atoms with Crippen molar-refractivity contribution in [3.05, 3.63) is 35.6 Å². The summed E-state index contributed by atoms with van der Waals surface area (Å²) in [6, 6.07) is 6.87. The highest BCUT2D eigenvalue weighted by atomic mass is 19.1. The molecule has 2 rings (SSSR count). The minimum absolute atomic E-state index is 0.0846. The fourth-order valence-corrected chi connectivity index (χ4v) is 2.15. The Bertz CT molecular complexity index is 329. The molecule has 1 aliphatic rings. The second-order valence-corrected chi connectivity index (χ2v) is 3.92. The molecule has 1 aromatic rings. The van der Waals surface area contributed by atoms with E-state index in [1.807, 2.05) is 19.2 Å². The van der Waals surface area contributed by atoms with Crippen LogP contribution in [0.4, 0.5) is 4.39 Å². The van der Waals surface area contributed by atoms with E-state index < -0.39 is 0 Å². The molecule has 2 unspecified atom stereocenters. The number of nitrogens with one attached hydrogen (secondary N) is 1. The van der Waals surface area contributed by atoms with Crippen molar-refractivity contribution in [1.82, 2.24) is 5.32 Å². The number of hydrogen-bond acceptors (Lipinski definition) is 2. The van der Waals surface area contributed by atoms with Gasteiger partial charge in [0.25, 0.3) is 0 Å². The predicted molar refractivity (Wildman–Crippen MR) is 57.1 cm³/mol. The third-order valence-electron chi connectivity index (χ3n) is 2.89. The van der Waals surface area contributed by atoms with E-state index >= 15 is 0 Å². The van der Waals surface area contributed by atoms with Crippen LogP contribution in [0.5, 0.6) is 0 Å². The highest BCUT2D eigenvalue weighted by Gasteiger charge is 2.30. The largest absolute Gasteiger partial charge is 0.373 e. The van der Waals surface area contributed by atoms with Crippen molar-refractivity contribution in [2.45, 2.75) is 12.5 Å². The molecule has 0 amide bonds. The van der Waals surface area contributed by atoms with Gasteiger partial charge in [-0.2, -0.15) is 0 Å². The summed E-state index contributed by atoms with van der Waals surface area (Å²) >= 11 is 0. The molecule has 1 aliphatic heterocycles. The molecule has 0 bridgehead atoms. The highest BCUT2D eigenvalue weighted by molar-refractivity contribution is 5.21. The molecule has 1 aromatic carbocycles. The van der Waals surface area contributed by atoms with Gasteiger partial charge in [0.05, 0.1) is 6.10 Å². The molecule has 0 aliphatic carbocycles. The van der Waals surface area contributed by atoms with Crippen molar-refractivity contribution >= 4 is 0 Å². The van der Waals surface area contributed by atoms with E-state index in [2.05, 4.69) is 5.32 Å². The maximum atomic E-state index is 13.6. The Labute approximate surface area is 89.4 Å². The van der Waals surface area contributed by atoms with Crippen LogP contribution in [0.1, 0.15) is 18.1 Å². The Morgan fingerprint density at radius 2 is 2.27 bits per heavy atom. The molecule has 3 heteroatoms. The predicted octanol–water partition coefficient (Wildman–Crippen LogP) is 2.12. The fraction of sp³-hybridized carbons (Fsp3) is 0.500. The molecule has 2 nitrogen and oxygen atoms in total. The Kier molecular flexibility index (Phi) is 3.34. The quantitative estimate of drug-likeness (QED) is 0.823. The molecule has 1 heterocycles. The van der Waals surface area contributed by atoms with E-state index in [1.54, 1.807) is 6.07 Å². The van der Waals surface area contributed by atoms with Gasteiger partial charge in [-0.3, -0.25) is 0 Å². The third-order valence-corrected chi connectivity index (χ3v) is 2.89. The standard InChI is InChI=1S/C12H16FNO/c1-14-8-9-6-7-15-12(9)10-4-2-3-5-11(10)13/h2-5,9,12,14H,6-8H2,1H3. The number of halogens is 1. The zero-order chi connectivity index (χ0) is 10.7. The average molecular weight is 209 g/mol. The van der Waals surface area contributed by atoms with Crippen LogP contribution in [0.25, 0.3) is 0 Å². The van der Waals surface area contributed by atoms with E-state index in [9.17, 15) is 4.39 Å². The topological polar surface area (TPSA) is 21.3 Å². The lowest BCUT2D eigenvalue weighted by Crippen LogP contribution is -2.22. The van der Waals surface area contributed by atoms with E-state index in [-0.39, 0.29) is 11.9 Å². The van der Waals surface area contributed by atoms with Crippen LogP contribution in [0.15, 0.2) is 24.3 Å². The summed E-state index contributed by atoms with van der Waals surface area (Å²) in [6.45, 7) is 1.60. The second-order valence-electron chi connectivity index (χ2n) is 3.92. The van der Waals surface area contributed by atoms with Gasteiger partial charge in [0.2, 0.25) is 0 Å². The highest BCUT2D eigenvalue weighted by Crippen LogP contribution is 2.35. The third kappa shape index (κ3) is 2.19. The Hall–Kier alpha value is -0.930. The van der Waals surface area contributed by atoms with Crippen molar-refractivity contribution in [2.75, 3.05) is 20.2 Å². The van der Waals surface area contributed by atoms with Gasteiger partial charge in [-0.05, 0) is 19.5 Å². The molecule has 1 fully saturated rings. The molecule has 0 radical (unpaired) electrons. The lowest BCUT2D eigenvalue weighted by Gasteiger charge is -2.18. The minimum atomic E-state index is -0.162. The first-order valence-electron chi connectivity index (χ1n) is 5.33. The van der Waals surface area contributed by atoms with Crippen LogP contribution < -0.4 is 5.32 Å². The Morgan fingerprint density at radius 3 is 3.00 bits per heavy atom. The maximum Gasteiger partial charge on any atom is 0.129 e. The molecule has 1 saturated heterocycles. The zero-order valence-corrected chi connectivity index (χ0v) is 8.87. The zero-order valence-electron chi connectivity index (χ0n) is 8.87. The number of benzene rings is 1. The van der Waals surface area contributed by atoms with Crippen LogP contribution in [-0.4, -0.2) is 20.2 Å². The number of rotatable bonds is 3. The van der Waals surface area contributed by atoms with Gasteiger partial charge < -0.3 is 10.1 Å². The van der Waals surface area contributed by atoms with Gasteiger partial charge in [-0.1, -0.05) is 18.2 Å². The molecular weight excluding hydrogens is 193 g/mol. The molecule has 0 spiro atoms. The molecular formula is C12H16FNO. The van der Waals surface area contributed by atoms with E-state index in [4.69, 9.17) is 4.74 Å². The lowest BCUT2D eigenvalue weighted by molar-refractivity contribution is 0.0879. The van der Waals surface area contributed by atoms with Gasteiger partial charge in [0, 0.05) is 24.6 Å². The first-order chi connectivity index (χ1) is 7.33. The van der Waals surface area contributed by atoms with Gasteiger partial charge >= 0.3 is 0 Å². The molecule has 82 valence electrons. The first kappa shape index (κ1) is 10.6. The number of ether oxygens (including phenoxy) is 1. The van der Waals surface area contributed by atoms with Crippen LogP contribution in [0.3, 0.4) is 0 Å². The maximum absolute atomic E-state index is 13.6. The molecule has 2 atom stereocenters. The average Bonchev–Trinajstić information content (AvgIpc) is 2.67. The second kappa shape index (κ2) is 4.73. The molecule has 1 N–H and O–H groups in total. The summed E-state index contributed by atoms with van der Waals surface area (Å²) < 4.78 is 19.2. The van der Waals surface area contributed by atoms with Crippen LogP contribution in [0, 0.1) is 11.7 Å². The van der Waals surface area contributed by atoms with Crippen LogP contribution in [0.2, 0.25) is 0 Å². The van der Waals surface area contributed by atoms with Gasteiger partial charge in [0.1, 0.15) is 5.82 Å². The SMILES string of the molecule is CNCC1CCOC1c1ccccc1F. The Balaban J connectivity index is 2.19. The van der Waals surface area contributed by atoms with Crippen molar-refractivity contribution in [3.8, 4) is 0 Å². The first-order valence-corrected chi connectivity index (χ1v) is 5.33. The summed E-state index contributed by atoms with van der Waals surface area (Å²) in [5.74, 6) is 0.220. The van der Waals surface area contributed by atoms with E-state index in [0.29, 0.717) is 11.5 Å². The van der Waals surface area contributed by atoms with E-state index in [1.165, 1.54) is 6.07 Å². The van der Waals surface area contributed by atoms with Gasteiger partial charge in [-0.25, -0.2) is 4.39 Å². The van der Waals surface area contributed by atoms with Crippen molar-refractivity contribution in [2.24, 2.45) is 5.92 Å². The Morgan fingerprint density at radius 1 is 1.47 bits per heavy atom. The minimum Gasteiger partial charge on any atom is -0.373 e. The summed E-state index contributed by atoms with van der Waals surface area (Å²) in [5, 5.41) is 3.13. The molecule has 0 saturated carbocycles. The van der Waals surface area contributed by atoms with Crippen molar-refractivity contribution < 1.29 is 9.13 Å². The monoisotopic (exact) mass is 209 g/mol. The lowest BCUT2D eigenvalue weighted by atomic mass is 9.95. The summed E-state index contributed by atoms with van der Waals surface area (Å²) in [7, 11) is 1.91. The summed E-state index contributed by atoms with van der Waals surface area (Å²) in [6.07, 6.45) is 0.915. The normalized spacial score (nSPS) is 25.7. The molecule has 0 aromatic heterocycles. The van der Waals surface area contributed by atoms with Crippen LogP contribution in [-0.2, 0) is 4.74 Å². The smallest absolute Gasteiger partial charge is 0.129 e. The number of hydrogen-bond donors (Lipinski definition) is 1. The van der Waals surface area contributed by atoms with Gasteiger partial charge in [0.15, 0.2) is 0 Å². The van der Waals surface area contributed by atoms with Gasteiger partial charge in [-0.15, -0.1) is 0 Å². The molecule has 15 heavy (non-hydrogen) atoms. The summed E-state index contributed by atoms with van der Waals surface area (Å²) in [5.41, 5.74) is 0.690. The van der Waals surface area contributed by atoms with E-state index in [0.717, 1.165) is 19.6 Å². The van der Waals surface area contributed by atoms with Crippen molar-refractivity contribution in [3.63, 3.8) is 0 Å². The van der Waals surface area contributed by atoms with Crippen LogP contribution >= 0.6 is 0 Å². The fourth-order valence-electron chi connectivity index (χ4n) is 2.15.